The van der Waals surface area contributed by atoms with Crippen molar-refractivity contribution in [1.29, 1.82) is 0 Å². The van der Waals surface area contributed by atoms with Crippen molar-refractivity contribution in [3.63, 3.8) is 0 Å². The van der Waals surface area contributed by atoms with E-state index in [9.17, 15) is 5.11 Å². The lowest BCUT2D eigenvalue weighted by Crippen LogP contribution is -2.37. The lowest BCUT2D eigenvalue weighted by molar-refractivity contribution is 0.0189. The maximum absolute atomic E-state index is 10.2. The first-order valence-electron chi connectivity index (χ1n) is 8.99. The maximum Gasteiger partial charge on any atom is 0.0900 e. The van der Waals surface area contributed by atoms with Gasteiger partial charge in [-0.05, 0) is 17.7 Å². The van der Waals surface area contributed by atoms with Gasteiger partial charge in [0.05, 0.1) is 25.9 Å². The van der Waals surface area contributed by atoms with Crippen molar-refractivity contribution >= 4 is 0 Å². The molecule has 0 radical (unpaired) electrons. The highest BCUT2D eigenvalue weighted by Gasteiger charge is 2.14. The molecule has 5 heteroatoms. The average molecular weight is 358 g/mol. The summed E-state index contributed by atoms with van der Waals surface area (Å²) in [6.07, 6.45) is 3.25. The summed E-state index contributed by atoms with van der Waals surface area (Å²) in [7, 11) is 1.69. The summed E-state index contributed by atoms with van der Waals surface area (Å²) in [5.41, 5.74) is 2.48. The molecule has 1 aromatic carbocycles. The molecule has 0 unspecified atom stereocenters. The van der Waals surface area contributed by atoms with Crippen LogP contribution in [0.4, 0.5) is 0 Å². The molecule has 0 spiro atoms. The van der Waals surface area contributed by atoms with E-state index < -0.39 is 6.10 Å². The molecule has 26 heavy (non-hydrogen) atoms. The fourth-order valence-corrected chi connectivity index (χ4v) is 2.85. The van der Waals surface area contributed by atoms with Crippen LogP contribution in [-0.2, 0) is 22.6 Å². The van der Waals surface area contributed by atoms with Gasteiger partial charge in [-0.1, -0.05) is 36.4 Å². The molecule has 0 aliphatic heterocycles. The highest BCUT2D eigenvalue weighted by Crippen LogP contribution is 2.11. The molecule has 0 aliphatic rings. The second-order valence-corrected chi connectivity index (χ2v) is 6.32. The van der Waals surface area contributed by atoms with Crippen molar-refractivity contribution in [1.82, 2.24) is 9.47 Å². The summed E-state index contributed by atoms with van der Waals surface area (Å²) >= 11 is 0. The topological polar surface area (TPSA) is 46.9 Å². The van der Waals surface area contributed by atoms with Crippen molar-refractivity contribution in [3.05, 3.63) is 72.6 Å². The highest BCUT2D eigenvalue weighted by atomic mass is 16.5. The second-order valence-electron chi connectivity index (χ2n) is 6.32. The molecular formula is C21H30N2O3. The molecular weight excluding hydrogens is 328 g/mol. The van der Waals surface area contributed by atoms with Crippen LogP contribution >= 0.6 is 0 Å². The second kappa shape index (κ2) is 11.6. The van der Waals surface area contributed by atoms with Crippen LogP contribution in [0.5, 0.6) is 0 Å². The van der Waals surface area contributed by atoms with Gasteiger partial charge in [0.2, 0.25) is 0 Å². The molecule has 0 saturated carbocycles. The molecule has 1 atom stereocenters. The van der Waals surface area contributed by atoms with Crippen LogP contribution in [0.2, 0.25) is 0 Å². The van der Waals surface area contributed by atoms with E-state index >= 15 is 0 Å². The number of aromatic nitrogens is 1. The van der Waals surface area contributed by atoms with Crippen LogP contribution in [0.25, 0.3) is 0 Å². The molecule has 1 N–H and O–H groups in total. The van der Waals surface area contributed by atoms with E-state index in [2.05, 4.69) is 58.6 Å². The lowest BCUT2D eigenvalue weighted by atomic mass is 10.2. The van der Waals surface area contributed by atoms with Gasteiger partial charge >= 0.3 is 0 Å². The van der Waals surface area contributed by atoms with Crippen LogP contribution in [0.3, 0.4) is 0 Å². The van der Waals surface area contributed by atoms with E-state index in [1.54, 1.807) is 13.2 Å². The van der Waals surface area contributed by atoms with Gasteiger partial charge in [0.1, 0.15) is 0 Å². The average Bonchev–Trinajstić information content (AvgIpc) is 3.07. The molecule has 5 nitrogen and oxygen atoms in total. The van der Waals surface area contributed by atoms with E-state index in [1.807, 2.05) is 6.07 Å². The number of benzene rings is 1. The zero-order valence-electron chi connectivity index (χ0n) is 15.6. The van der Waals surface area contributed by atoms with Gasteiger partial charge in [0, 0.05) is 45.2 Å². The summed E-state index contributed by atoms with van der Waals surface area (Å²) in [6.45, 7) is 7.89. The number of aliphatic hydroxyl groups is 1. The van der Waals surface area contributed by atoms with Gasteiger partial charge in [-0.15, -0.1) is 6.58 Å². The summed E-state index contributed by atoms with van der Waals surface area (Å²) < 4.78 is 12.8. The van der Waals surface area contributed by atoms with E-state index in [0.717, 1.165) is 19.6 Å². The standard InChI is InChI=1S/C21H30N2O3/c1-3-13-26-18-21(24)17-22(12-14-25-2)16-20-10-7-11-23(20)15-19-8-5-4-6-9-19/h3-11,21,24H,1,12-18H2,2H3/t21-/m1/s1. The van der Waals surface area contributed by atoms with Gasteiger partial charge in [0.15, 0.2) is 0 Å². The predicted molar refractivity (Wildman–Crippen MR) is 104 cm³/mol. The third-order valence-corrected chi connectivity index (χ3v) is 4.13. The van der Waals surface area contributed by atoms with Gasteiger partial charge in [-0.3, -0.25) is 4.90 Å². The highest BCUT2D eigenvalue weighted by molar-refractivity contribution is 5.17. The molecule has 0 aliphatic carbocycles. The van der Waals surface area contributed by atoms with E-state index in [1.165, 1.54) is 11.3 Å². The number of nitrogens with zero attached hydrogens (tertiary/aromatic N) is 2. The minimum absolute atomic E-state index is 0.306. The zero-order valence-corrected chi connectivity index (χ0v) is 15.6. The number of hydrogen-bond acceptors (Lipinski definition) is 4. The van der Waals surface area contributed by atoms with Crippen LogP contribution < -0.4 is 0 Å². The third kappa shape index (κ3) is 7.14. The predicted octanol–water partition coefficient (Wildman–Crippen LogP) is 2.55. The number of aliphatic hydroxyl groups excluding tert-OH is 1. The van der Waals surface area contributed by atoms with Crippen molar-refractivity contribution < 1.29 is 14.6 Å². The Labute approximate surface area is 156 Å². The Morgan fingerprint density at radius 1 is 1.23 bits per heavy atom. The normalized spacial score (nSPS) is 12.4. The monoisotopic (exact) mass is 358 g/mol. The van der Waals surface area contributed by atoms with E-state index in [0.29, 0.717) is 26.4 Å². The Hall–Kier alpha value is -1.92. The summed E-state index contributed by atoms with van der Waals surface area (Å²) in [5.74, 6) is 0. The van der Waals surface area contributed by atoms with Crippen molar-refractivity contribution in [2.24, 2.45) is 0 Å². The summed E-state index contributed by atoms with van der Waals surface area (Å²) in [4.78, 5) is 2.20. The Bertz CT molecular complexity index is 627. The van der Waals surface area contributed by atoms with Crippen LogP contribution in [0.15, 0.2) is 61.3 Å². The maximum atomic E-state index is 10.2. The quantitative estimate of drug-likeness (QED) is 0.442. The minimum atomic E-state index is -0.538. The molecule has 2 aromatic rings. The fourth-order valence-electron chi connectivity index (χ4n) is 2.85. The molecule has 2 rings (SSSR count). The molecule has 0 fully saturated rings. The first kappa shape index (κ1) is 20.4. The molecule has 142 valence electrons. The van der Waals surface area contributed by atoms with E-state index in [4.69, 9.17) is 9.47 Å². The number of ether oxygens (including phenoxy) is 2. The summed E-state index contributed by atoms with van der Waals surface area (Å²) in [5, 5.41) is 10.2. The molecule has 0 amide bonds. The van der Waals surface area contributed by atoms with Gasteiger partial charge < -0.3 is 19.1 Å². The van der Waals surface area contributed by atoms with Gasteiger partial charge in [-0.2, -0.15) is 0 Å². The van der Waals surface area contributed by atoms with Crippen molar-refractivity contribution in [3.8, 4) is 0 Å². The van der Waals surface area contributed by atoms with E-state index in [-0.39, 0.29) is 0 Å². The number of hydrogen-bond donors (Lipinski definition) is 1. The molecule has 0 saturated heterocycles. The fraction of sp³-hybridized carbons (Fsp3) is 0.429. The van der Waals surface area contributed by atoms with Crippen LogP contribution in [-0.4, -0.2) is 60.7 Å². The van der Waals surface area contributed by atoms with Crippen LogP contribution in [0, 0.1) is 0 Å². The van der Waals surface area contributed by atoms with Gasteiger partial charge in [0.25, 0.3) is 0 Å². The smallest absolute Gasteiger partial charge is 0.0900 e. The number of rotatable bonds is 13. The Morgan fingerprint density at radius 2 is 2.04 bits per heavy atom. The molecule has 1 aromatic heterocycles. The zero-order chi connectivity index (χ0) is 18.6. The molecule has 0 bridgehead atoms. The summed E-state index contributed by atoms with van der Waals surface area (Å²) in [6, 6.07) is 14.6. The third-order valence-electron chi connectivity index (χ3n) is 4.13. The first-order chi connectivity index (χ1) is 12.7. The Morgan fingerprint density at radius 3 is 2.77 bits per heavy atom. The number of methoxy groups -OCH3 is 1. The van der Waals surface area contributed by atoms with Crippen molar-refractivity contribution in [2.45, 2.75) is 19.2 Å². The minimum Gasteiger partial charge on any atom is -0.389 e. The Balaban J connectivity index is 1.96. The largest absolute Gasteiger partial charge is 0.389 e. The Kier molecular flexibility index (Phi) is 9.14. The van der Waals surface area contributed by atoms with Crippen molar-refractivity contribution in [2.75, 3.05) is 40.0 Å². The van der Waals surface area contributed by atoms with Gasteiger partial charge in [-0.25, -0.2) is 0 Å². The molecule has 1 heterocycles. The first-order valence-corrected chi connectivity index (χ1v) is 8.99. The SMILES string of the molecule is C=CCOC[C@H](O)CN(CCOC)Cc1cccn1Cc1ccccc1. The lowest BCUT2D eigenvalue weighted by Gasteiger charge is -2.25. The van der Waals surface area contributed by atoms with Crippen LogP contribution in [0.1, 0.15) is 11.3 Å².